The maximum Gasteiger partial charge on any atom is 0.0398 e. The van der Waals surface area contributed by atoms with Crippen molar-refractivity contribution in [1.29, 1.82) is 0 Å². The van der Waals surface area contributed by atoms with E-state index in [0.29, 0.717) is 6.04 Å². The molecule has 144 valence electrons. The van der Waals surface area contributed by atoms with Gasteiger partial charge in [-0.1, -0.05) is 54.1 Å². The SMILES string of the molecule is C=C(C)C[C@@H](c1c2ccccc2cc2ccccc12)N1CCNCC1.Cl.Cl. The van der Waals surface area contributed by atoms with Crippen molar-refractivity contribution in [1.82, 2.24) is 10.2 Å². The van der Waals surface area contributed by atoms with E-state index in [-0.39, 0.29) is 24.8 Å². The second-order valence-corrected chi connectivity index (χ2v) is 7.20. The summed E-state index contributed by atoms with van der Waals surface area (Å²) >= 11 is 0. The zero-order valence-corrected chi connectivity index (χ0v) is 17.4. The third-order valence-electron chi connectivity index (χ3n) is 5.28. The van der Waals surface area contributed by atoms with E-state index in [1.165, 1.54) is 32.7 Å². The van der Waals surface area contributed by atoms with Gasteiger partial charge in [-0.3, -0.25) is 4.90 Å². The molecule has 0 saturated carbocycles. The zero-order valence-electron chi connectivity index (χ0n) is 15.8. The number of hydrogen-bond acceptors (Lipinski definition) is 2. The van der Waals surface area contributed by atoms with Gasteiger partial charge in [0.2, 0.25) is 0 Å². The van der Waals surface area contributed by atoms with Gasteiger partial charge in [-0.15, -0.1) is 31.4 Å². The Balaban J connectivity index is 0.00000131. The highest BCUT2D eigenvalue weighted by atomic mass is 35.5. The van der Waals surface area contributed by atoms with Crippen molar-refractivity contribution in [2.75, 3.05) is 26.2 Å². The first-order valence-electron chi connectivity index (χ1n) is 9.23. The quantitative estimate of drug-likeness (QED) is 0.441. The molecule has 3 aromatic rings. The van der Waals surface area contributed by atoms with Gasteiger partial charge in [0.25, 0.3) is 0 Å². The second-order valence-electron chi connectivity index (χ2n) is 7.20. The lowest BCUT2D eigenvalue weighted by Gasteiger charge is -2.36. The van der Waals surface area contributed by atoms with Crippen LogP contribution in [0.25, 0.3) is 21.5 Å². The summed E-state index contributed by atoms with van der Waals surface area (Å²) in [7, 11) is 0. The summed E-state index contributed by atoms with van der Waals surface area (Å²) in [4.78, 5) is 2.64. The van der Waals surface area contributed by atoms with Gasteiger partial charge in [0.15, 0.2) is 0 Å². The molecular formula is C23H28Cl2N2. The molecular weight excluding hydrogens is 375 g/mol. The Labute approximate surface area is 174 Å². The topological polar surface area (TPSA) is 15.3 Å². The number of nitrogens with zero attached hydrogens (tertiary/aromatic N) is 1. The molecule has 0 radical (unpaired) electrons. The minimum Gasteiger partial charge on any atom is -0.314 e. The van der Waals surface area contributed by atoms with E-state index in [9.17, 15) is 0 Å². The molecule has 4 rings (SSSR count). The molecule has 0 aliphatic carbocycles. The molecule has 0 spiro atoms. The molecule has 1 fully saturated rings. The first kappa shape index (κ1) is 21.7. The van der Waals surface area contributed by atoms with Crippen LogP contribution in [0.5, 0.6) is 0 Å². The molecule has 4 heteroatoms. The maximum absolute atomic E-state index is 4.23. The lowest BCUT2D eigenvalue weighted by Crippen LogP contribution is -2.45. The molecule has 0 bridgehead atoms. The molecule has 0 aromatic heterocycles. The van der Waals surface area contributed by atoms with Crippen LogP contribution in [-0.2, 0) is 0 Å². The van der Waals surface area contributed by atoms with Gasteiger partial charge in [-0.2, -0.15) is 0 Å². The molecule has 1 aliphatic rings. The summed E-state index contributed by atoms with van der Waals surface area (Å²) in [5.41, 5.74) is 2.72. The lowest BCUT2D eigenvalue weighted by molar-refractivity contribution is 0.174. The third-order valence-corrected chi connectivity index (χ3v) is 5.28. The Hall–Kier alpha value is -1.58. The molecule has 27 heavy (non-hydrogen) atoms. The molecule has 3 aromatic carbocycles. The summed E-state index contributed by atoms with van der Waals surface area (Å²) in [5.74, 6) is 0. The van der Waals surface area contributed by atoms with Crippen molar-refractivity contribution in [2.24, 2.45) is 0 Å². The van der Waals surface area contributed by atoms with Crippen LogP contribution >= 0.6 is 24.8 Å². The van der Waals surface area contributed by atoms with Crippen LogP contribution in [0, 0.1) is 0 Å². The first-order valence-corrected chi connectivity index (χ1v) is 9.23. The van der Waals surface area contributed by atoms with Crippen LogP contribution in [0.3, 0.4) is 0 Å². The van der Waals surface area contributed by atoms with Crippen LogP contribution < -0.4 is 5.32 Å². The summed E-state index contributed by atoms with van der Waals surface area (Å²) in [6.07, 6.45) is 1.01. The monoisotopic (exact) mass is 402 g/mol. The molecule has 1 aliphatic heterocycles. The zero-order chi connectivity index (χ0) is 17.2. The highest BCUT2D eigenvalue weighted by Gasteiger charge is 2.25. The van der Waals surface area contributed by atoms with E-state index in [4.69, 9.17) is 0 Å². The van der Waals surface area contributed by atoms with Gasteiger partial charge in [0.1, 0.15) is 0 Å². The molecule has 0 amide bonds. The van der Waals surface area contributed by atoms with E-state index < -0.39 is 0 Å². The first-order chi connectivity index (χ1) is 12.2. The van der Waals surface area contributed by atoms with Gasteiger partial charge < -0.3 is 5.32 Å². The van der Waals surface area contributed by atoms with Gasteiger partial charge >= 0.3 is 0 Å². The Morgan fingerprint density at radius 3 is 2.00 bits per heavy atom. The number of hydrogen-bond donors (Lipinski definition) is 1. The number of halogens is 2. The summed E-state index contributed by atoms with van der Waals surface area (Å²) in [6.45, 7) is 10.7. The van der Waals surface area contributed by atoms with E-state index in [1.807, 2.05) is 0 Å². The predicted octanol–water partition coefficient (Wildman–Crippen LogP) is 5.75. The predicted molar refractivity (Wildman–Crippen MR) is 123 cm³/mol. The fourth-order valence-electron chi connectivity index (χ4n) is 4.15. The highest BCUT2D eigenvalue weighted by Crippen LogP contribution is 2.38. The standard InChI is InChI=1S/C23H26N2.2ClH/c1-17(2)15-22(25-13-11-24-12-14-25)23-20-9-5-3-7-18(20)16-19-8-4-6-10-21(19)23;;/h3-10,16,22,24H,1,11-15H2,2H3;2*1H/t22-;;/m0../s1. The van der Waals surface area contributed by atoms with Crippen molar-refractivity contribution in [3.05, 3.63) is 72.3 Å². The van der Waals surface area contributed by atoms with Crippen molar-refractivity contribution < 1.29 is 0 Å². The number of piperazine rings is 1. The van der Waals surface area contributed by atoms with Crippen molar-refractivity contribution in [3.63, 3.8) is 0 Å². The molecule has 0 unspecified atom stereocenters. The van der Waals surface area contributed by atoms with Crippen LogP contribution in [0.1, 0.15) is 24.9 Å². The number of benzene rings is 3. The van der Waals surface area contributed by atoms with E-state index in [0.717, 1.165) is 32.6 Å². The van der Waals surface area contributed by atoms with Crippen LogP contribution in [-0.4, -0.2) is 31.1 Å². The Kier molecular flexibility index (Phi) is 7.69. The van der Waals surface area contributed by atoms with Crippen LogP contribution in [0.4, 0.5) is 0 Å². The van der Waals surface area contributed by atoms with Gasteiger partial charge in [-0.05, 0) is 46.5 Å². The number of nitrogens with one attached hydrogen (secondary N) is 1. The van der Waals surface area contributed by atoms with Crippen molar-refractivity contribution in [2.45, 2.75) is 19.4 Å². The lowest BCUT2D eigenvalue weighted by atomic mass is 9.88. The fraction of sp³-hybridized carbons (Fsp3) is 0.304. The van der Waals surface area contributed by atoms with Crippen molar-refractivity contribution >= 4 is 46.4 Å². The summed E-state index contributed by atoms with van der Waals surface area (Å²) in [6, 6.07) is 20.3. The molecule has 1 heterocycles. The smallest absolute Gasteiger partial charge is 0.0398 e. The van der Waals surface area contributed by atoms with Gasteiger partial charge in [0, 0.05) is 32.2 Å². The molecule has 1 saturated heterocycles. The normalized spacial score (nSPS) is 15.7. The maximum atomic E-state index is 4.23. The van der Waals surface area contributed by atoms with Crippen LogP contribution in [0.2, 0.25) is 0 Å². The minimum atomic E-state index is 0. The number of rotatable bonds is 4. The molecule has 1 N–H and O–H groups in total. The second kappa shape index (κ2) is 9.57. The van der Waals surface area contributed by atoms with Gasteiger partial charge in [0.05, 0.1) is 0 Å². The third kappa shape index (κ3) is 4.47. The average Bonchev–Trinajstić information content (AvgIpc) is 2.65. The summed E-state index contributed by atoms with van der Waals surface area (Å²) < 4.78 is 0. The molecule has 1 atom stereocenters. The van der Waals surface area contributed by atoms with E-state index >= 15 is 0 Å². The van der Waals surface area contributed by atoms with Crippen molar-refractivity contribution in [3.8, 4) is 0 Å². The Morgan fingerprint density at radius 2 is 1.48 bits per heavy atom. The highest BCUT2D eigenvalue weighted by molar-refractivity contribution is 6.02. The Morgan fingerprint density at radius 1 is 0.963 bits per heavy atom. The number of fused-ring (bicyclic) bond motifs is 2. The van der Waals surface area contributed by atoms with Gasteiger partial charge in [-0.25, -0.2) is 0 Å². The van der Waals surface area contributed by atoms with E-state index in [1.54, 1.807) is 0 Å². The van der Waals surface area contributed by atoms with Crippen LogP contribution in [0.15, 0.2) is 66.7 Å². The fourth-order valence-corrected chi connectivity index (χ4v) is 4.15. The Bertz CT molecular complexity index is 863. The minimum absolute atomic E-state index is 0. The molecule has 2 nitrogen and oxygen atoms in total. The average molecular weight is 403 g/mol. The van der Waals surface area contributed by atoms with E-state index in [2.05, 4.69) is 78.3 Å². The summed E-state index contributed by atoms with van der Waals surface area (Å²) in [5, 5.41) is 8.91. The largest absolute Gasteiger partial charge is 0.314 e.